The molecule has 0 bridgehead atoms. The van der Waals surface area contributed by atoms with Gasteiger partial charge in [0.05, 0.1) is 0 Å². The molecule has 1 atom stereocenters. The Bertz CT molecular complexity index is 651. The molecule has 98 valence electrons. The Kier molecular flexibility index (Phi) is 3.21. The first-order valence-corrected chi connectivity index (χ1v) is 7.21. The molecule has 4 nitrogen and oxygen atoms in total. The van der Waals surface area contributed by atoms with Gasteiger partial charge in [0.2, 0.25) is 0 Å². The quantitative estimate of drug-likeness (QED) is 0.731. The predicted molar refractivity (Wildman–Crippen MR) is 77.2 cm³/mol. The predicted octanol–water partition coefficient (Wildman–Crippen LogP) is 3.15. The first-order chi connectivity index (χ1) is 9.25. The standard InChI is InChI=1S/C14H16N4S/c1-11(9-12-3-8-19-10-12)18-7-5-16-14(18)13-15-4-6-17(13)2/h3-8,10-11H,9H2,1-2H3. The van der Waals surface area contributed by atoms with Crippen LogP contribution in [0.25, 0.3) is 11.6 Å². The van der Waals surface area contributed by atoms with Gasteiger partial charge in [0.15, 0.2) is 11.6 Å². The number of hydrogen-bond donors (Lipinski definition) is 0. The van der Waals surface area contributed by atoms with E-state index < -0.39 is 0 Å². The molecule has 3 aromatic rings. The Balaban J connectivity index is 1.90. The van der Waals surface area contributed by atoms with E-state index in [9.17, 15) is 0 Å². The van der Waals surface area contributed by atoms with Crippen molar-refractivity contribution in [1.82, 2.24) is 19.1 Å². The van der Waals surface area contributed by atoms with Crippen molar-refractivity contribution >= 4 is 11.3 Å². The van der Waals surface area contributed by atoms with Gasteiger partial charge in [-0.15, -0.1) is 0 Å². The third kappa shape index (κ3) is 2.33. The molecule has 0 N–H and O–H groups in total. The summed E-state index contributed by atoms with van der Waals surface area (Å²) < 4.78 is 4.19. The number of nitrogens with zero attached hydrogens (tertiary/aromatic N) is 4. The number of imidazole rings is 2. The summed E-state index contributed by atoms with van der Waals surface area (Å²) >= 11 is 1.74. The Labute approximate surface area is 116 Å². The molecule has 0 saturated heterocycles. The molecule has 0 fully saturated rings. The molecule has 0 aromatic carbocycles. The molecule has 0 amide bonds. The van der Waals surface area contributed by atoms with Gasteiger partial charge in [-0.2, -0.15) is 11.3 Å². The molecule has 0 spiro atoms. The van der Waals surface area contributed by atoms with Crippen molar-refractivity contribution in [1.29, 1.82) is 0 Å². The summed E-state index contributed by atoms with van der Waals surface area (Å²) in [4.78, 5) is 8.83. The third-order valence-electron chi connectivity index (χ3n) is 3.28. The highest BCUT2D eigenvalue weighted by Crippen LogP contribution is 2.22. The summed E-state index contributed by atoms with van der Waals surface area (Å²) in [5.74, 6) is 1.83. The molecule has 0 aliphatic carbocycles. The van der Waals surface area contributed by atoms with Crippen LogP contribution in [0.15, 0.2) is 41.6 Å². The minimum Gasteiger partial charge on any atom is -0.331 e. The van der Waals surface area contributed by atoms with Gasteiger partial charge in [-0.1, -0.05) is 0 Å². The topological polar surface area (TPSA) is 35.6 Å². The van der Waals surface area contributed by atoms with Crippen LogP contribution in [0, 0.1) is 0 Å². The van der Waals surface area contributed by atoms with Crippen molar-refractivity contribution in [2.45, 2.75) is 19.4 Å². The van der Waals surface area contributed by atoms with E-state index >= 15 is 0 Å². The van der Waals surface area contributed by atoms with Crippen LogP contribution in [0.3, 0.4) is 0 Å². The summed E-state index contributed by atoms with van der Waals surface area (Å²) in [7, 11) is 1.99. The smallest absolute Gasteiger partial charge is 0.176 e. The second kappa shape index (κ2) is 5.01. The number of rotatable bonds is 4. The van der Waals surface area contributed by atoms with E-state index in [1.54, 1.807) is 17.5 Å². The van der Waals surface area contributed by atoms with Gasteiger partial charge in [-0.3, -0.25) is 0 Å². The molecule has 3 heterocycles. The lowest BCUT2D eigenvalue weighted by Gasteiger charge is -2.15. The highest BCUT2D eigenvalue weighted by molar-refractivity contribution is 7.07. The number of thiophene rings is 1. The van der Waals surface area contributed by atoms with Crippen LogP contribution >= 0.6 is 11.3 Å². The van der Waals surface area contributed by atoms with Gasteiger partial charge in [0.1, 0.15) is 0 Å². The molecule has 3 rings (SSSR count). The summed E-state index contributed by atoms with van der Waals surface area (Å²) in [5, 5.41) is 4.32. The van der Waals surface area contributed by atoms with Crippen LogP contribution in [0.4, 0.5) is 0 Å². The van der Waals surface area contributed by atoms with Gasteiger partial charge in [-0.05, 0) is 35.7 Å². The monoisotopic (exact) mass is 272 g/mol. The Hall–Kier alpha value is -1.88. The SMILES string of the molecule is CC(Cc1ccsc1)n1ccnc1-c1nccn1C. The lowest BCUT2D eigenvalue weighted by Crippen LogP contribution is -2.10. The maximum atomic E-state index is 4.45. The van der Waals surface area contributed by atoms with E-state index in [1.807, 2.05) is 30.2 Å². The lowest BCUT2D eigenvalue weighted by atomic mass is 10.1. The van der Waals surface area contributed by atoms with E-state index in [1.165, 1.54) is 5.56 Å². The van der Waals surface area contributed by atoms with Crippen LogP contribution in [0.2, 0.25) is 0 Å². The Morgan fingerprint density at radius 3 is 2.68 bits per heavy atom. The van der Waals surface area contributed by atoms with Crippen molar-refractivity contribution in [2.75, 3.05) is 0 Å². The first-order valence-electron chi connectivity index (χ1n) is 6.27. The Morgan fingerprint density at radius 2 is 2.00 bits per heavy atom. The van der Waals surface area contributed by atoms with E-state index in [4.69, 9.17) is 0 Å². The minimum atomic E-state index is 0.365. The largest absolute Gasteiger partial charge is 0.331 e. The van der Waals surface area contributed by atoms with Crippen molar-refractivity contribution in [3.63, 3.8) is 0 Å². The molecular formula is C14H16N4S. The fourth-order valence-electron chi connectivity index (χ4n) is 2.27. The fraction of sp³-hybridized carbons (Fsp3) is 0.286. The first kappa shape index (κ1) is 12.2. The maximum Gasteiger partial charge on any atom is 0.176 e. The normalized spacial score (nSPS) is 12.7. The van der Waals surface area contributed by atoms with Crippen LogP contribution in [0.5, 0.6) is 0 Å². The molecule has 0 aliphatic rings. The summed E-state index contributed by atoms with van der Waals surface area (Å²) in [6.45, 7) is 2.21. The molecule has 5 heteroatoms. The minimum absolute atomic E-state index is 0.365. The van der Waals surface area contributed by atoms with E-state index in [0.717, 1.165) is 18.1 Å². The molecule has 19 heavy (non-hydrogen) atoms. The van der Waals surface area contributed by atoms with Gasteiger partial charge in [-0.25, -0.2) is 9.97 Å². The van der Waals surface area contributed by atoms with Gasteiger partial charge < -0.3 is 9.13 Å². The molecule has 3 aromatic heterocycles. The Morgan fingerprint density at radius 1 is 1.21 bits per heavy atom. The fourth-order valence-corrected chi connectivity index (χ4v) is 2.95. The second-order valence-corrected chi connectivity index (χ2v) is 5.48. The summed E-state index contributed by atoms with van der Waals surface area (Å²) in [5.41, 5.74) is 1.37. The summed E-state index contributed by atoms with van der Waals surface area (Å²) in [6, 6.07) is 2.54. The van der Waals surface area contributed by atoms with E-state index in [2.05, 4.69) is 38.3 Å². The molecular weight excluding hydrogens is 256 g/mol. The van der Waals surface area contributed by atoms with Gasteiger partial charge in [0, 0.05) is 37.9 Å². The highest BCUT2D eigenvalue weighted by Gasteiger charge is 2.15. The number of aromatic nitrogens is 4. The van der Waals surface area contributed by atoms with Gasteiger partial charge in [0.25, 0.3) is 0 Å². The van der Waals surface area contributed by atoms with E-state index in [-0.39, 0.29) is 0 Å². The van der Waals surface area contributed by atoms with Crippen LogP contribution < -0.4 is 0 Å². The zero-order valence-electron chi connectivity index (χ0n) is 11.0. The highest BCUT2D eigenvalue weighted by atomic mass is 32.1. The average Bonchev–Trinajstić information content (AvgIpc) is 3.07. The van der Waals surface area contributed by atoms with Crippen molar-refractivity contribution in [3.05, 3.63) is 47.2 Å². The summed E-state index contributed by atoms with van der Waals surface area (Å²) in [6.07, 6.45) is 8.63. The zero-order chi connectivity index (χ0) is 13.2. The molecule has 0 aliphatic heterocycles. The van der Waals surface area contributed by atoms with Crippen molar-refractivity contribution in [2.24, 2.45) is 7.05 Å². The maximum absolute atomic E-state index is 4.45. The van der Waals surface area contributed by atoms with Crippen molar-refractivity contribution < 1.29 is 0 Å². The number of aryl methyl sites for hydroxylation is 1. The van der Waals surface area contributed by atoms with Crippen LogP contribution in [0.1, 0.15) is 18.5 Å². The zero-order valence-corrected chi connectivity index (χ0v) is 11.8. The third-order valence-corrected chi connectivity index (χ3v) is 4.01. The number of hydrogen-bond acceptors (Lipinski definition) is 3. The van der Waals surface area contributed by atoms with Crippen LogP contribution in [-0.4, -0.2) is 19.1 Å². The van der Waals surface area contributed by atoms with Crippen LogP contribution in [-0.2, 0) is 13.5 Å². The molecule has 0 saturated carbocycles. The average molecular weight is 272 g/mol. The van der Waals surface area contributed by atoms with Crippen molar-refractivity contribution in [3.8, 4) is 11.6 Å². The molecule has 1 unspecified atom stereocenters. The second-order valence-electron chi connectivity index (χ2n) is 4.70. The van der Waals surface area contributed by atoms with Gasteiger partial charge >= 0.3 is 0 Å². The van der Waals surface area contributed by atoms with E-state index in [0.29, 0.717) is 6.04 Å². The lowest BCUT2D eigenvalue weighted by molar-refractivity contribution is 0.548. The molecule has 0 radical (unpaired) electrons.